The number of benzene rings is 1. The van der Waals surface area contributed by atoms with Crippen molar-refractivity contribution in [3.8, 4) is 5.75 Å². The zero-order valence-corrected chi connectivity index (χ0v) is 16.9. The fourth-order valence-electron chi connectivity index (χ4n) is 3.25. The summed E-state index contributed by atoms with van der Waals surface area (Å²) in [6.07, 6.45) is 3.35. The van der Waals surface area contributed by atoms with Crippen LogP contribution in [0.5, 0.6) is 5.75 Å². The molecule has 5 nitrogen and oxygen atoms in total. The summed E-state index contributed by atoms with van der Waals surface area (Å²) in [7, 11) is 3.73. The zero-order valence-electron chi connectivity index (χ0n) is 16.9. The van der Waals surface area contributed by atoms with Gasteiger partial charge in [0.05, 0.1) is 7.11 Å². The second kappa shape index (κ2) is 10.2. The predicted molar refractivity (Wildman–Crippen MR) is 109 cm³/mol. The number of hydrogen-bond acceptors (Lipinski definition) is 5. The average molecular weight is 359 g/mol. The van der Waals surface area contributed by atoms with Gasteiger partial charge in [-0.15, -0.1) is 0 Å². The van der Waals surface area contributed by atoms with Crippen molar-refractivity contribution in [2.24, 2.45) is 11.0 Å². The first-order chi connectivity index (χ1) is 12.5. The first kappa shape index (κ1) is 20.3. The third-order valence-corrected chi connectivity index (χ3v) is 5.11. The highest BCUT2D eigenvalue weighted by molar-refractivity contribution is 5.84. The van der Waals surface area contributed by atoms with E-state index in [4.69, 9.17) is 9.84 Å². The fourth-order valence-corrected chi connectivity index (χ4v) is 3.25. The van der Waals surface area contributed by atoms with Gasteiger partial charge in [-0.3, -0.25) is 5.01 Å². The maximum atomic E-state index is 5.23. The van der Waals surface area contributed by atoms with Gasteiger partial charge in [-0.1, -0.05) is 19.1 Å². The molecule has 2 N–H and O–H groups in total. The van der Waals surface area contributed by atoms with Crippen molar-refractivity contribution >= 4 is 5.71 Å². The number of rotatable bonds is 8. The molecular weight excluding hydrogens is 324 g/mol. The molecule has 0 amide bonds. The molecule has 2 rings (SSSR count). The van der Waals surface area contributed by atoms with Crippen molar-refractivity contribution in [3.63, 3.8) is 0 Å². The van der Waals surface area contributed by atoms with Crippen LogP contribution in [0.25, 0.3) is 0 Å². The zero-order chi connectivity index (χ0) is 18.9. The van der Waals surface area contributed by atoms with Crippen molar-refractivity contribution < 1.29 is 4.74 Å². The van der Waals surface area contributed by atoms with Gasteiger partial charge in [0.15, 0.2) is 0 Å². The summed E-state index contributed by atoms with van der Waals surface area (Å²) in [4.78, 5) is 0. The van der Waals surface area contributed by atoms with Gasteiger partial charge in [-0.05, 0) is 69.5 Å². The molecule has 26 heavy (non-hydrogen) atoms. The Morgan fingerprint density at radius 3 is 2.46 bits per heavy atom. The lowest BCUT2D eigenvalue weighted by atomic mass is 9.94. The summed E-state index contributed by atoms with van der Waals surface area (Å²) in [5.41, 5.74) is 3.75. The SMILES string of the molecule is CCC(C)=C(NCc1ccc(OC)cc1)N(C)/N=C(\C)C1CCNCC1. The van der Waals surface area contributed by atoms with Crippen LogP contribution in [0.1, 0.15) is 45.6 Å². The van der Waals surface area contributed by atoms with Crippen LogP contribution < -0.4 is 15.4 Å². The van der Waals surface area contributed by atoms with Crippen LogP contribution in [-0.4, -0.2) is 38.0 Å². The number of piperidine rings is 1. The molecule has 144 valence electrons. The van der Waals surface area contributed by atoms with Gasteiger partial charge in [0, 0.05) is 25.2 Å². The normalized spacial score (nSPS) is 16.9. The molecular formula is C21H34N4O. The highest BCUT2D eigenvalue weighted by atomic mass is 16.5. The molecule has 1 aliphatic heterocycles. The molecule has 5 heteroatoms. The van der Waals surface area contributed by atoms with Crippen LogP contribution in [0.4, 0.5) is 0 Å². The van der Waals surface area contributed by atoms with Gasteiger partial charge >= 0.3 is 0 Å². The van der Waals surface area contributed by atoms with Crippen LogP contribution >= 0.6 is 0 Å². The van der Waals surface area contributed by atoms with Gasteiger partial charge < -0.3 is 15.4 Å². The molecule has 0 aromatic heterocycles. The van der Waals surface area contributed by atoms with Crippen LogP contribution in [0.2, 0.25) is 0 Å². The second-order valence-corrected chi connectivity index (χ2v) is 6.97. The van der Waals surface area contributed by atoms with E-state index in [-0.39, 0.29) is 0 Å². The number of nitrogens with zero attached hydrogens (tertiary/aromatic N) is 2. The lowest BCUT2D eigenvalue weighted by molar-refractivity contribution is 0.384. The van der Waals surface area contributed by atoms with E-state index in [9.17, 15) is 0 Å². The maximum Gasteiger partial charge on any atom is 0.121 e. The number of ether oxygens (including phenoxy) is 1. The Kier molecular flexibility index (Phi) is 7.98. The Balaban J connectivity index is 2.05. The van der Waals surface area contributed by atoms with Crippen LogP contribution in [0.15, 0.2) is 40.8 Å². The minimum absolute atomic E-state index is 0.587. The molecule has 1 fully saturated rings. The molecule has 1 saturated heterocycles. The summed E-state index contributed by atoms with van der Waals surface area (Å²) in [6.45, 7) is 9.46. The number of methoxy groups -OCH3 is 1. The molecule has 0 bridgehead atoms. The van der Waals surface area contributed by atoms with Gasteiger partial charge in [0.25, 0.3) is 0 Å². The number of hydrazone groups is 1. The molecule has 0 radical (unpaired) electrons. The molecule has 0 atom stereocenters. The van der Waals surface area contributed by atoms with E-state index in [2.05, 4.69) is 43.5 Å². The lowest BCUT2D eigenvalue weighted by Crippen LogP contribution is -2.33. The molecule has 0 saturated carbocycles. The quantitative estimate of drug-likeness (QED) is 0.549. The van der Waals surface area contributed by atoms with Gasteiger partial charge in [-0.25, -0.2) is 0 Å². The minimum Gasteiger partial charge on any atom is -0.497 e. The molecule has 1 heterocycles. The van der Waals surface area contributed by atoms with Gasteiger partial charge in [-0.2, -0.15) is 5.10 Å². The van der Waals surface area contributed by atoms with E-state index >= 15 is 0 Å². The summed E-state index contributed by atoms with van der Waals surface area (Å²) in [5.74, 6) is 2.56. The monoisotopic (exact) mass is 358 g/mol. The Morgan fingerprint density at radius 2 is 1.88 bits per heavy atom. The Labute approximate surface area is 158 Å². The maximum absolute atomic E-state index is 5.23. The number of nitrogens with one attached hydrogen (secondary N) is 2. The van der Waals surface area contributed by atoms with Crippen molar-refractivity contribution in [2.45, 2.75) is 46.6 Å². The number of allylic oxidation sites excluding steroid dienone is 1. The molecule has 1 aromatic carbocycles. The van der Waals surface area contributed by atoms with E-state index in [0.29, 0.717) is 5.92 Å². The van der Waals surface area contributed by atoms with E-state index in [1.54, 1.807) is 7.11 Å². The molecule has 1 aromatic rings. The molecule has 0 unspecified atom stereocenters. The van der Waals surface area contributed by atoms with E-state index in [0.717, 1.165) is 37.6 Å². The second-order valence-electron chi connectivity index (χ2n) is 6.97. The molecule has 1 aliphatic rings. The Hall–Kier alpha value is -2.01. The van der Waals surface area contributed by atoms with Crippen LogP contribution in [0, 0.1) is 5.92 Å². The van der Waals surface area contributed by atoms with E-state index < -0.39 is 0 Å². The average Bonchev–Trinajstić information content (AvgIpc) is 2.69. The van der Waals surface area contributed by atoms with Crippen molar-refractivity contribution in [3.05, 3.63) is 41.2 Å². The first-order valence-corrected chi connectivity index (χ1v) is 9.61. The topological polar surface area (TPSA) is 48.9 Å². The van der Waals surface area contributed by atoms with Crippen molar-refractivity contribution in [2.75, 3.05) is 27.2 Å². The predicted octanol–water partition coefficient (Wildman–Crippen LogP) is 3.73. The lowest BCUT2D eigenvalue weighted by Gasteiger charge is -2.26. The van der Waals surface area contributed by atoms with Crippen LogP contribution in [-0.2, 0) is 6.54 Å². The highest BCUT2D eigenvalue weighted by Crippen LogP contribution is 2.17. The summed E-state index contributed by atoms with van der Waals surface area (Å²) in [5, 5.41) is 13.9. The molecule has 0 spiro atoms. The van der Waals surface area contributed by atoms with Gasteiger partial charge in [0.2, 0.25) is 0 Å². The Bertz CT molecular complexity index is 615. The van der Waals surface area contributed by atoms with Crippen molar-refractivity contribution in [1.29, 1.82) is 0 Å². The highest BCUT2D eigenvalue weighted by Gasteiger charge is 2.17. The summed E-state index contributed by atoms with van der Waals surface area (Å²) < 4.78 is 5.23. The van der Waals surface area contributed by atoms with Crippen molar-refractivity contribution in [1.82, 2.24) is 15.6 Å². The first-order valence-electron chi connectivity index (χ1n) is 9.61. The van der Waals surface area contributed by atoms with E-state index in [1.807, 2.05) is 24.2 Å². The molecule has 0 aliphatic carbocycles. The summed E-state index contributed by atoms with van der Waals surface area (Å²) in [6, 6.07) is 8.18. The number of hydrogen-bond donors (Lipinski definition) is 2. The Morgan fingerprint density at radius 1 is 1.23 bits per heavy atom. The van der Waals surface area contributed by atoms with Crippen LogP contribution in [0.3, 0.4) is 0 Å². The largest absolute Gasteiger partial charge is 0.497 e. The third kappa shape index (κ3) is 5.77. The minimum atomic E-state index is 0.587. The summed E-state index contributed by atoms with van der Waals surface area (Å²) >= 11 is 0. The standard InChI is InChI=1S/C21H34N4O/c1-6-16(2)21(23-15-18-7-9-20(26-5)10-8-18)25(4)24-17(3)19-11-13-22-14-12-19/h7-10,19,22-23H,6,11-15H2,1-5H3/b21-16?,24-17+. The smallest absolute Gasteiger partial charge is 0.121 e. The fraction of sp³-hybridized carbons (Fsp3) is 0.571. The third-order valence-electron chi connectivity index (χ3n) is 5.11. The van der Waals surface area contributed by atoms with Gasteiger partial charge in [0.1, 0.15) is 11.6 Å². The van der Waals surface area contributed by atoms with E-state index in [1.165, 1.54) is 29.7 Å².